The predicted molar refractivity (Wildman–Crippen MR) is 65.4 cm³/mol. The van der Waals surface area contributed by atoms with E-state index < -0.39 is 0 Å². The van der Waals surface area contributed by atoms with Gasteiger partial charge < -0.3 is 10.9 Å². The molecule has 0 saturated carbocycles. The van der Waals surface area contributed by atoms with Gasteiger partial charge in [0.25, 0.3) is 0 Å². The Morgan fingerprint density at radius 2 is 2.06 bits per heavy atom. The molecule has 4 nitrogen and oxygen atoms in total. The number of nitrogens with two attached hydrogens (primary N) is 1. The van der Waals surface area contributed by atoms with Crippen LogP contribution in [-0.4, -0.2) is 29.0 Å². The van der Waals surface area contributed by atoms with Crippen LogP contribution in [0.5, 0.6) is 0 Å². The highest BCUT2D eigenvalue weighted by molar-refractivity contribution is 5.85. The fraction of sp³-hybridized carbons (Fsp3) is 0.417. The summed E-state index contributed by atoms with van der Waals surface area (Å²) in [5.41, 5.74) is 6.59. The quantitative estimate of drug-likeness (QED) is 0.356. The molecule has 0 fully saturated rings. The molecule has 17 heavy (non-hydrogen) atoms. The van der Waals surface area contributed by atoms with Crippen molar-refractivity contribution in [3.8, 4) is 0 Å². The first-order valence-corrected chi connectivity index (χ1v) is 5.50. The maximum absolute atomic E-state index is 12.7. The van der Waals surface area contributed by atoms with Crippen LogP contribution in [0.3, 0.4) is 0 Å². The van der Waals surface area contributed by atoms with Gasteiger partial charge in [-0.1, -0.05) is 24.2 Å². The van der Waals surface area contributed by atoms with Crippen molar-refractivity contribution in [3.63, 3.8) is 0 Å². The van der Waals surface area contributed by atoms with E-state index >= 15 is 0 Å². The molecule has 0 aliphatic heterocycles. The zero-order valence-corrected chi connectivity index (χ0v) is 10.1. The average Bonchev–Trinajstić information content (AvgIpc) is 2.32. The Balaban J connectivity index is 2.70. The first-order valence-electron chi connectivity index (χ1n) is 5.50. The van der Waals surface area contributed by atoms with Crippen LogP contribution in [0.4, 0.5) is 4.39 Å². The van der Waals surface area contributed by atoms with Gasteiger partial charge in [-0.2, -0.15) is 0 Å². The summed E-state index contributed by atoms with van der Waals surface area (Å²) in [7, 11) is 1.88. The van der Waals surface area contributed by atoms with Crippen molar-refractivity contribution in [3.05, 3.63) is 35.6 Å². The van der Waals surface area contributed by atoms with Gasteiger partial charge >= 0.3 is 0 Å². The van der Waals surface area contributed by atoms with Crippen molar-refractivity contribution >= 4 is 5.84 Å². The fourth-order valence-corrected chi connectivity index (χ4v) is 1.80. The number of oxime groups is 1. The molecule has 94 valence electrons. The van der Waals surface area contributed by atoms with Gasteiger partial charge in [-0.05, 0) is 31.2 Å². The van der Waals surface area contributed by atoms with Crippen molar-refractivity contribution in [1.82, 2.24) is 4.90 Å². The smallest absolute Gasteiger partial charge is 0.156 e. The summed E-state index contributed by atoms with van der Waals surface area (Å²) < 4.78 is 12.7. The highest BCUT2D eigenvalue weighted by Crippen LogP contribution is 2.10. The largest absolute Gasteiger partial charge is 0.409 e. The van der Waals surface area contributed by atoms with Crippen molar-refractivity contribution in [2.75, 3.05) is 7.05 Å². The van der Waals surface area contributed by atoms with Gasteiger partial charge in [0.1, 0.15) is 5.82 Å². The van der Waals surface area contributed by atoms with Crippen LogP contribution in [0.1, 0.15) is 18.9 Å². The minimum Gasteiger partial charge on any atom is -0.409 e. The lowest BCUT2D eigenvalue weighted by Crippen LogP contribution is -2.41. The molecule has 0 saturated heterocycles. The van der Waals surface area contributed by atoms with E-state index in [1.807, 2.05) is 18.9 Å². The molecule has 0 bridgehead atoms. The van der Waals surface area contributed by atoms with Gasteiger partial charge in [0.2, 0.25) is 0 Å². The Kier molecular flexibility index (Phi) is 4.90. The first-order chi connectivity index (χ1) is 8.08. The van der Waals surface area contributed by atoms with E-state index in [0.717, 1.165) is 12.0 Å². The third-order valence-electron chi connectivity index (χ3n) is 2.72. The number of hydrogen-bond donors (Lipinski definition) is 2. The third kappa shape index (κ3) is 3.71. The molecular formula is C12H18FN3O. The number of amidine groups is 1. The highest BCUT2D eigenvalue weighted by Gasteiger charge is 2.17. The SMILES string of the molecule is CCC(C(N)=NO)N(C)Cc1ccc(F)cc1. The molecule has 5 heteroatoms. The van der Waals surface area contributed by atoms with Gasteiger partial charge in [0.15, 0.2) is 5.84 Å². The molecule has 0 aromatic heterocycles. The van der Waals surface area contributed by atoms with E-state index in [9.17, 15) is 4.39 Å². The average molecular weight is 239 g/mol. The van der Waals surface area contributed by atoms with Crippen LogP contribution in [0.2, 0.25) is 0 Å². The second-order valence-corrected chi connectivity index (χ2v) is 3.99. The van der Waals surface area contributed by atoms with Crippen molar-refractivity contribution in [1.29, 1.82) is 0 Å². The molecule has 1 atom stereocenters. The predicted octanol–water partition coefficient (Wildman–Crippen LogP) is 1.78. The maximum Gasteiger partial charge on any atom is 0.156 e. The molecule has 0 aliphatic rings. The van der Waals surface area contributed by atoms with Gasteiger partial charge in [0.05, 0.1) is 6.04 Å². The summed E-state index contributed by atoms with van der Waals surface area (Å²) in [6, 6.07) is 6.18. The first kappa shape index (κ1) is 13.4. The van der Waals surface area contributed by atoms with Crippen molar-refractivity contribution in [2.24, 2.45) is 10.9 Å². The minimum atomic E-state index is -0.250. The van der Waals surface area contributed by atoms with E-state index in [1.165, 1.54) is 12.1 Å². The zero-order chi connectivity index (χ0) is 12.8. The lowest BCUT2D eigenvalue weighted by molar-refractivity contribution is 0.264. The standard InChI is InChI=1S/C12H18FN3O/c1-3-11(12(14)15-17)16(2)8-9-4-6-10(13)7-5-9/h4-7,11,17H,3,8H2,1-2H3,(H2,14,15). The molecule has 0 spiro atoms. The van der Waals surface area contributed by atoms with Crippen LogP contribution in [0, 0.1) is 5.82 Å². The highest BCUT2D eigenvalue weighted by atomic mass is 19.1. The maximum atomic E-state index is 12.7. The van der Waals surface area contributed by atoms with Crippen LogP contribution in [0.15, 0.2) is 29.4 Å². The lowest BCUT2D eigenvalue weighted by Gasteiger charge is -2.25. The summed E-state index contributed by atoms with van der Waals surface area (Å²) in [6.45, 7) is 2.58. The molecule has 1 rings (SSSR count). The van der Waals surface area contributed by atoms with Crippen molar-refractivity contribution < 1.29 is 9.60 Å². The Hall–Kier alpha value is -1.62. The molecule has 1 aromatic rings. The van der Waals surface area contributed by atoms with E-state index in [0.29, 0.717) is 6.54 Å². The van der Waals surface area contributed by atoms with Crippen molar-refractivity contribution in [2.45, 2.75) is 25.9 Å². The van der Waals surface area contributed by atoms with Crippen LogP contribution >= 0.6 is 0 Å². The Morgan fingerprint density at radius 1 is 1.47 bits per heavy atom. The number of rotatable bonds is 5. The van der Waals surface area contributed by atoms with Gasteiger partial charge in [-0.15, -0.1) is 0 Å². The second kappa shape index (κ2) is 6.20. The second-order valence-electron chi connectivity index (χ2n) is 3.99. The summed E-state index contributed by atoms with van der Waals surface area (Å²) in [5.74, 6) is -0.0583. The number of benzene rings is 1. The Morgan fingerprint density at radius 3 is 2.53 bits per heavy atom. The Bertz CT molecular complexity index is 378. The summed E-state index contributed by atoms with van der Waals surface area (Å²) in [4.78, 5) is 1.96. The summed E-state index contributed by atoms with van der Waals surface area (Å²) in [6.07, 6.45) is 0.744. The third-order valence-corrected chi connectivity index (χ3v) is 2.72. The Labute approximate surface area is 101 Å². The fourth-order valence-electron chi connectivity index (χ4n) is 1.80. The molecule has 0 amide bonds. The van der Waals surface area contributed by atoms with Gasteiger partial charge in [0, 0.05) is 6.54 Å². The van der Waals surface area contributed by atoms with Gasteiger partial charge in [-0.25, -0.2) is 4.39 Å². The minimum absolute atomic E-state index is 0.120. The molecule has 0 radical (unpaired) electrons. The molecular weight excluding hydrogens is 221 g/mol. The normalized spacial score (nSPS) is 14.0. The van der Waals surface area contributed by atoms with Crippen LogP contribution in [-0.2, 0) is 6.54 Å². The lowest BCUT2D eigenvalue weighted by atomic mass is 10.1. The topological polar surface area (TPSA) is 61.9 Å². The van der Waals surface area contributed by atoms with Crippen LogP contribution in [0.25, 0.3) is 0 Å². The summed E-state index contributed by atoms with van der Waals surface area (Å²) >= 11 is 0. The van der Waals surface area contributed by atoms with E-state index in [1.54, 1.807) is 12.1 Å². The molecule has 0 heterocycles. The molecule has 1 unspecified atom stereocenters. The molecule has 3 N–H and O–H groups in total. The number of halogens is 1. The van der Waals surface area contributed by atoms with E-state index in [2.05, 4.69) is 5.16 Å². The monoisotopic (exact) mass is 239 g/mol. The molecule has 1 aromatic carbocycles. The van der Waals surface area contributed by atoms with Crippen LogP contribution < -0.4 is 5.73 Å². The zero-order valence-electron chi connectivity index (χ0n) is 10.1. The number of hydrogen-bond acceptors (Lipinski definition) is 3. The molecule has 0 aliphatic carbocycles. The van der Waals surface area contributed by atoms with Gasteiger partial charge in [-0.3, -0.25) is 4.90 Å². The number of nitrogens with zero attached hydrogens (tertiary/aromatic N) is 2. The van der Waals surface area contributed by atoms with E-state index in [4.69, 9.17) is 10.9 Å². The summed E-state index contributed by atoms with van der Waals surface area (Å²) in [5, 5.41) is 11.7. The number of likely N-dealkylation sites (N-methyl/N-ethyl adjacent to an activating group) is 1. The van der Waals surface area contributed by atoms with E-state index in [-0.39, 0.29) is 17.7 Å².